The molecule has 0 aliphatic carbocycles. The van der Waals surface area contributed by atoms with Crippen molar-refractivity contribution in [3.63, 3.8) is 0 Å². The Bertz CT molecular complexity index is 1020. The Hall–Kier alpha value is -2.81. The van der Waals surface area contributed by atoms with Gasteiger partial charge in [-0.15, -0.1) is 0 Å². The Morgan fingerprint density at radius 1 is 1.10 bits per heavy atom. The Morgan fingerprint density at radius 3 is 2.62 bits per heavy atom. The minimum absolute atomic E-state index is 0.233. The first-order valence-electron chi connectivity index (χ1n) is 10.6. The van der Waals surface area contributed by atoms with Crippen molar-refractivity contribution in [2.45, 2.75) is 70.8 Å². The fraction of sp³-hybridized carbons (Fsp3) is 0.522. The molecule has 6 nitrogen and oxygen atoms in total. The predicted molar refractivity (Wildman–Crippen MR) is 113 cm³/mol. The van der Waals surface area contributed by atoms with Crippen molar-refractivity contribution in [3.8, 4) is 11.8 Å². The molecule has 154 valence electrons. The number of nitrogens with one attached hydrogen (secondary N) is 1. The smallest absolute Gasteiger partial charge is 0.295 e. The third kappa shape index (κ3) is 4.61. The second-order valence-electron chi connectivity index (χ2n) is 7.67. The number of carbonyl (C=O) groups excluding carboxylic acids is 2. The van der Waals surface area contributed by atoms with E-state index >= 15 is 0 Å². The van der Waals surface area contributed by atoms with Crippen LogP contribution in [0.1, 0.15) is 76.3 Å². The van der Waals surface area contributed by atoms with Crippen molar-refractivity contribution in [1.29, 1.82) is 0 Å². The van der Waals surface area contributed by atoms with Gasteiger partial charge in [-0.3, -0.25) is 24.0 Å². The highest BCUT2D eigenvalue weighted by molar-refractivity contribution is 6.00. The van der Waals surface area contributed by atoms with Crippen LogP contribution in [0.25, 0.3) is 11.0 Å². The summed E-state index contributed by atoms with van der Waals surface area (Å²) < 4.78 is 3.05. The van der Waals surface area contributed by atoms with Gasteiger partial charge >= 0.3 is 5.69 Å². The highest BCUT2D eigenvalue weighted by Crippen LogP contribution is 2.24. The Kier molecular flexibility index (Phi) is 6.92. The van der Waals surface area contributed by atoms with Gasteiger partial charge in [0, 0.05) is 19.9 Å². The molecule has 0 bridgehead atoms. The molecule has 1 atom stereocenters. The number of aromatic nitrogens is 2. The summed E-state index contributed by atoms with van der Waals surface area (Å²) in [5.41, 5.74) is 1.94. The molecule has 6 heteroatoms. The van der Waals surface area contributed by atoms with Crippen LogP contribution in [0.3, 0.4) is 0 Å². The third-order valence-electron chi connectivity index (χ3n) is 5.50. The van der Waals surface area contributed by atoms with Crippen molar-refractivity contribution in [2.24, 2.45) is 7.05 Å². The molecule has 0 radical (unpaired) electrons. The van der Waals surface area contributed by atoms with Gasteiger partial charge in [0.25, 0.3) is 0 Å². The largest absolute Gasteiger partial charge is 0.329 e. The zero-order valence-corrected chi connectivity index (χ0v) is 17.3. The summed E-state index contributed by atoms with van der Waals surface area (Å²) in [6.07, 6.45) is 8.78. The molecule has 1 saturated heterocycles. The van der Waals surface area contributed by atoms with Crippen LogP contribution >= 0.6 is 0 Å². The minimum Gasteiger partial charge on any atom is -0.295 e. The quantitative estimate of drug-likeness (QED) is 0.443. The molecule has 3 rings (SSSR count). The number of para-hydroxylation sites is 1. The van der Waals surface area contributed by atoms with E-state index in [1.807, 2.05) is 18.2 Å². The van der Waals surface area contributed by atoms with E-state index in [0.29, 0.717) is 11.9 Å². The number of benzene rings is 1. The standard InChI is InChI=1S/C23H29N3O3/c1-3-4-5-6-7-8-9-10-12-17-13-11-14-18-21(17)25(2)23(29)26(18)19-15-16-20(27)24-22(19)28/h11,13-14,19H,3-9,15-16H2,1-2H3,(H,24,27,28). The number of nitrogens with zero attached hydrogens (tertiary/aromatic N) is 2. The Balaban J connectivity index is 1.81. The maximum absolute atomic E-state index is 12.9. The number of unbranched alkanes of at least 4 members (excludes halogenated alkanes) is 6. The van der Waals surface area contributed by atoms with Crippen molar-refractivity contribution < 1.29 is 9.59 Å². The monoisotopic (exact) mass is 395 g/mol. The number of aryl methyl sites for hydroxylation is 1. The van der Waals surface area contributed by atoms with Gasteiger partial charge < -0.3 is 0 Å². The molecule has 2 heterocycles. The van der Waals surface area contributed by atoms with E-state index in [1.54, 1.807) is 11.6 Å². The molecule has 1 fully saturated rings. The maximum atomic E-state index is 12.9. The Labute approximate surface area is 171 Å². The van der Waals surface area contributed by atoms with Crippen LogP contribution in [-0.4, -0.2) is 20.9 Å². The molecular formula is C23H29N3O3. The number of carbonyl (C=O) groups is 2. The number of imidazole rings is 1. The molecule has 0 spiro atoms. The molecule has 1 aliphatic heterocycles. The van der Waals surface area contributed by atoms with Crippen molar-refractivity contribution in [2.75, 3.05) is 0 Å². The second-order valence-corrected chi connectivity index (χ2v) is 7.67. The molecule has 2 aromatic rings. The molecule has 1 unspecified atom stereocenters. The maximum Gasteiger partial charge on any atom is 0.329 e. The first-order chi connectivity index (χ1) is 14.0. The predicted octanol–water partition coefficient (Wildman–Crippen LogP) is 3.42. The summed E-state index contributed by atoms with van der Waals surface area (Å²) in [5.74, 6) is 5.74. The van der Waals surface area contributed by atoms with E-state index in [9.17, 15) is 14.4 Å². The third-order valence-corrected chi connectivity index (χ3v) is 5.50. The first-order valence-corrected chi connectivity index (χ1v) is 10.6. The van der Waals surface area contributed by atoms with Gasteiger partial charge in [-0.2, -0.15) is 0 Å². The number of hydrogen-bond acceptors (Lipinski definition) is 3. The number of fused-ring (bicyclic) bond motifs is 1. The lowest BCUT2D eigenvalue weighted by atomic mass is 10.1. The molecule has 2 amide bonds. The van der Waals surface area contributed by atoms with E-state index < -0.39 is 11.9 Å². The molecule has 1 N–H and O–H groups in total. The average molecular weight is 396 g/mol. The van der Waals surface area contributed by atoms with E-state index in [2.05, 4.69) is 24.1 Å². The van der Waals surface area contributed by atoms with Crippen LogP contribution in [0.15, 0.2) is 23.0 Å². The van der Waals surface area contributed by atoms with E-state index in [4.69, 9.17) is 0 Å². The second kappa shape index (κ2) is 9.60. The van der Waals surface area contributed by atoms with Crippen LogP contribution in [0, 0.1) is 11.8 Å². The molecule has 0 saturated carbocycles. The number of piperidine rings is 1. The SMILES string of the molecule is CCCCCCCCC#Cc1cccc2c1n(C)c(=O)n2C1CCC(=O)NC1=O. The summed E-state index contributed by atoms with van der Waals surface area (Å²) in [4.78, 5) is 36.6. The lowest BCUT2D eigenvalue weighted by molar-refractivity contribution is -0.135. The van der Waals surface area contributed by atoms with Gasteiger partial charge in [-0.1, -0.05) is 56.9 Å². The molecule has 1 aliphatic rings. The first kappa shape index (κ1) is 20.9. The van der Waals surface area contributed by atoms with Gasteiger partial charge in [0.05, 0.1) is 16.6 Å². The number of rotatable bonds is 7. The van der Waals surface area contributed by atoms with Crippen molar-refractivity contribution in [3.05, 3.63) is 34.2 Å². The zero-order valence-electron chi connectivity index (χ0n) is 17.3. The number of amides is 2. The van der Waals surface area contributed by atoms with Crippen molar-refractivity contribution in [1.82, 2.24) is 14.5 Å². The highest BCUT2D eigenvalue weighted by Gasteiger charge is 2.31. The number of hydrogen-bond donors (Lipinski definition) is 1. The van der Waals surface area contributed by atoms with Crippen LogP contribution in [0.4, 0.5) is 0 Å². The van der Waals surface area contributed by atoms with Crippen LogP contribution in [-0.2, 0) is 16.6 Å². The fourth-order valence-electron chi connectivity index (χ4n) is 3.92. The summed E-state index contributed by atoms with van der Waals surface area (Å²) in [6.45, 7) is 2.22. The minimum atomic E-state index is -0.671. The summed E-state index contributed by atoms with van der Waals surface area (Å²) in [5, 5.41) is 2.34. The summed E-state index contributed by atoms with van der Waals surface area (Å²) in [6, 6.07) is 4.93. The van der Waals surface area contributed by atoms with Gasteiger partial charge in [0.1, 0.15) is 6.04 Å². The van der Waals surface area contributed by atoms with E-state index in [1.165, 1.54) is 36.7 Å². The van der Waals surface area contributed by atoms with Crippen LogP contribution < -0.4 is 11.0 Å². The summed E-state index contributed by atoms with van der Waals surface area (Å²) >= 11 is 0. The molecule has 29 heavy (non-hydrogen) atoms. The number of imide groups is 1. The van der Waals surface area contributed by atoms with Gasteiger partial charge in [0.15, 0.2) is 0 Å². The molecular weight excluding hydrogens is 366 g/mol. The van der Waals surface area contributed by atoms with Crippen LogP contribution in [0.2, 0.25) is 0 Å². The topological polar surface area (TPSA) is 73.1 Å². The highest BCUT2D eigenvalue weighted by atomic mass is 16.2. The molecule has 1 aromatic heterocycles. The fourth-order valence-corrected chi connectivity index (χ4v) is 3.92. The van der Waals surface area contributed by atoms with Gasteiger partial charge in [-0.25, -0.2) is 4.79 Å². The normalized spacial score (nSPS) is 16.6. The lowest BCUT2D eigenvalue weighted by Gasteiger charge is -2.21. The van der Waals surface area contributed by atoms with Crippen LogP contribution in [0.5, 0.6) is 0 Å². The van der Waals surface area contributed by atoms with Gasteiger partial charge in [-0.05, 0) is 25.0 Å². The summed E-state index contributed by atoms with van der Waals surface area (Å²) in [7, 11) is 1.70. The van der Waals surface area contributed by atoms with E-state index in [-0.39, 0.29) is 18.0 Å². The molecule has 1 aromatic carbocycles. The lowest BCUT2D eigenvalue weighted by Crippen LogP contribution is -2.44. The average Bonchev–Trinajstić information content (AvgIpc) is 2.95. The zero-order chi connectivity index (χ0) is 20.8. The Morgan fingerprint density at radius 2 is 1.86 bits per heavy atom. The van der Waals surface area contributed by atoms with Gasteiger partial charge in [0.2, 0.25) is 11.8 Å². The van der Waals surface area contributed by atoms with E-state index in [0.717, 1.165) is 23.9 Å². The van der Waals surface area contributed by atoms with Crippen molar-refractivity contribution >= 4 is 22.8 Å².